The van der Waals surface area contributed by atoms with E-state index in [0.717, 1.165) is 47.0 Å². The van der Waals surface area contributed by atoms with Gasteiger partial charge >= 0.3 is 0 Å². The molecule has 8 nitrogen and oxygen atoms in total. The number of benzene rings is 2. The summed E-state index contributed by atoms with van der Waals surface area (Å²) in [6.45, 7) is 4.78. The molecule has 4 aromatic rings. The number of para-hydroxylation sites is 1. The van der Waals surface area contributed by atoms with Gasteiger partial charge in [-0.3, -0.25) is 4.79 Å². The van der Waals surface area contributed by atoms with E-state index >= 15 is 0 Å². The molecule has 5 rings (SSSR count). The number of carbonyl (C=O) groups is 1. The number of hydrogen-bond donors (Lipinski definition) is 0. The molecule has 3 heterocycles. The van der Waals surface area contributed by atoms with Crippen molar-refractivity contribution in [3.63, 3.8) is 0 Å². The first kappa shape index (κ1) is 19.3. The van der Waals surface area contributed by atoms with Crippen LogP contribution in [0.3, 0.4) is 0 Å². The van der Waals surface area contributed by atoms with Gasteiger partial charge in [-0.05, 0) is 49.7 Å². The van der Waals surface area contributed by atoms with Crippen LogP contribution in [0.5, 0.6) is 5.75 Å². The Hall–Kier alpha value is -3.68. The topological polar surface area (TPSA) is 75.9 Å². The summed E-state index contributed by atoms with van der Waals surface area (Å²) in [5.41, 5.74) is 2.39. The molecule has 2 aromatic carbocycles. The predicted molar refractivity (Wildman–Crippen MR) is 119 cm³/mol. The predicted octanol–water partition coefficient (Wildman–Crippen LogP) is 2.95. The Bertz CT molecular complexity index is 1250. The Morgan fingerprint density at radius 2 is 1.77 bits per heavy atom. The van der Waals surface area contributed by atoms with Gasteiger partial charge in [-0.25, -0.2) is 9.38 Å². The van der Waals surface area contributed by atoms with Gasteiger partial charge in [0.15, 0.2) is 5.65 Å². The van der Waals surface area contributed by atoms with E-state index in [1.54, 1.807) is 7.11 Å². The Balaban J connectivity index is 1.43. The van der Waals surface area contributed by atoms with Crippen molar-refractivity contribution >= 4 is 28.4 Å². The van der Waals surface area contributed by atoms with Crippen LogP contribution in [-0.4, -0.2) is 63.7 Å². The maximum Gasteiger partial charge on any atom is 0.253 e. The molecular weight excluding hydrogens is 392 g/mol. The molecule has 0 atom stereocenters. The Labute approximate surface area is 180 Å². The van der Waals surface area contributed by atoms with Gasteiger partial charge < -0.3 is 14.5 Å². The van der Waals surface area contributed by atoms with Crippen LogP contribution in [0.1, 0.15) is 22.6 Å². The lowest BCUT2D eigenvalue weighted by atomic mass is 10.2. The van der Waals surface area contributed by atoms with Crippen molar-refractivity contribution in [3.8, 4) is 5.75 Å². The quantitative estimate of drug-likeness (QED) is 0.511. The van der Waals surface area contributed by atoms with Gasteiger partial charge in [-0.2, -0.15) is 0 Å². The van der Waals surface area contributed by atoms with Gasteiger partial charge in [-0.15, -0.1) is 10.2 Å². The lowest BCUT2D eigenvalue weighted by Gasteiger charge is -2.24. The molecule has 8 heteroatoms. The fourth-order valence-electron chi connectivity index (χ4n) is 4.14. The molecule has 158 valence electrons. The molecule has 0 aliphatic carbocycles. The zero-order valence-corrected chi connectivity index (χ0v) is 17.7. The number of fused-ring (bicyclic) bond motifs is 3. The van der Waals surface area contributed by atoms with E-state index in [9.17, 15) is 4.79 Å². The van der Waals surface area contributed by atoms with Crippen molar-refractivity contribution < 1.29 is 9.53 Å². The van der Waals surface area contributed by atoms with E-state index in [2.05, 4.69) is 15.1 Å². The van der Waals surface area contributed by atoms with E-state index in [-0.39, 0.29) is 5.91 Å². The summed E-state index contributed by atoms with van der Waals surface area (Å²) in [6.07, 6.45) is 0.860. The Morgan fingerprint density at radius 3 is 2.58 bits per heavy atom. The molecule has 2 aromatic heterocycles. The third-order valence-corrected chi connectivity index (χ3v) is 5.79. The van der Waals surface area contributed by atoms with Gasteiger partial charge in [0, 0.05) is 37.1 Å². The number of carbonyl (C=O) groups excluding carboxylic acids is 1. The Morgan fingerprint density at radius 1 is 0.968 bits per heavy atom. The van der Waals surface area contributed by atoms with Crippen molar-refractivity contribution in [1.82, 2.24) is 24.5 Å². The average Bonchev–Trinajstić information content (AvgIpc) is 3.04. The molecule has 31 heavy (non-hydrogen) atoms. The number of ether oxygens (including phenoxy) is 1. The molecule has 1 amide bonds. The second kappa shape index (κ2) is 7.86. The van der Waals surface area contributed by atoms with E-state index in [0.29, 0.717) is 25.2 Å². The van der Waals surface area contributed by atoms with Crippen LogP contribution in [0, 0.1) is 6.92 Å². The third-order valence-electron chi connectivity index (χ3n) is 5.79. The van der Waals surface area contributed by atoms with Crippen LogP contribution in [-0.2, 0) is 0 Å². The van der Waals surface area contributed by atoms with Gasteiger partial charge in [0.1, 0.15) is 11.6 Å². The third kappa shape index (κ3) is 3.43. The summed E-state index contributed by atoms with van der Waals surface area (Å²) in [4.78, 5) is 22.1. The molecule has 1 fully saturated rings. The lowest BCUT2D eigenvalue weighted by molar-refractivity contribution is 0.0767. The molecular formula is C23H24N6O2. The minimum atomic E-state index is 0.0431. The molecule has 0 unspecified atom stereocenters. The van der Waals surface area contributed by atoms with Crippen molar-refractivity contribution in [2.24, 2.45) is 0 Å². The van der Waals surface area contributed by atoms with E-state index < -0.39 is 0 Å². The first-order chi connectivity index (χ1) is 15.2. The Kier molecular flexibility index (Phi) is 4.89. The number of amides is 1. The zero-order chi connectivity index (χ0) is 21.4. The summed E-state index contributed by atoms with van der Waals surface area (Å²) >= 11 is 0. The maximum absolute atomic E-state index is 13.0. The number of aryl methyl sites for hydroxylation is 1. The highest BCUT2D eigenvalue weighted by atomic mass is 16.5. The summed E-state index contributed by atoms with van der Waals surface area (Å²) in [5.74, 6) is 2.42. The number of anilines is 1. The van der Waals surface area contributed by atoms with Gasteiger partial charge in [-0.1, -0.05) is 12.1 Å². The molecule has 0 spiro atoms. The lowest BCUT2D eigenvalue weighted by Crippen LogP contribution is -2.36. The van der Waals surface area contributed by atoms with Crippen LogP contribution in [0.2, 0.25) is 0 Å². The first-order valence-electron chi connectivity index (χ1n) is 10.4. The van der Waals surface area contributed by atoms with Crippen molar-refractivity contribution in [2.45, 2.75) is 13.3 Å². The molecule has 0 radical (unpaired) electrons. The van der Waals surface area contributed by atoms with Crippen molar-refractivity contribution in [1.29, 1.82) is 0 Å². The molecule has 1 aliphatic rings. The summed E-state index contributed by atoms with van der Waals surface area (Å²) in [5, 5.41) is 9.67. The van der Waals surface area contributed by atoms with Crippen molar-refractivity contribution in [2.75, 3.05) is 38.2 Å². The fraction of sp³-hybridized carbons (Fsp3) is 0.304. The summed E-state index contributed by atoms with van der Waals surface area (Å²) < 4.78 is 7.21. The molecule has 0 bridgehead atoms. The fourth-order valence-corrected chi connectivity index (χ4v) is 4.14. The highest BCUT2D eigenvalue weighted by molar-refractivity contribution is 5.94. The largest absolute Gasteiger partial charge is 0.497 e. The van der Waals surface area contributed by atoms with E-state index in [4.69, 9.17) is 9.72 Å². The van der Waals surface area contributed by atoms with Crippen LogP contribution in [0.25, 0.3) is 16.6 Å². The van der Waals surface area contributed by atoms with Crippen molar-refractivity contribution in [3.05, 3.63) is 59.9 Å². The molecule has 0 saturated carbocycles. The number of rotatable bonds is 3. The van der Waals surface area contributed by atoms with Crippen LogP contribution >= 0.6 is 0 Å². The number of hydrogen-bond acceptors (Lipinski definition) is 6. The normalized spacial score (nSPS) is 14.8. The first-order valence-corrected chi connectivity index (χ1v) is 10.4. The van der Waals surface area contributed by atoms with E-state index in [1.165, 1.54) is 0 Å². The molecule has 1 aliphatic heterocycles. The second-order valence-electron chi connectivity index (χ2n) is 7.70. The van der Waals surface area contributed by atoms with Gasteiger partial charge in [0.2, 0.25) is 5.95 Å². The summed E-state index contributed by atoms with van der Waals surface area (Å²) in [7, 11) is 1.62. The van der Waals surface area contributed by atoms with E-state index in [1.807, 2.05) is 64.8 Å². The number of methoxy groups -OCH3 is 1. The molecule has 0 N–H and O–H groups in total. The monoisotopic (exact) mass is 416 g/mol. The SMILES string of the molecule is COc1ccc(C(=O)N2CCCN(c3nc4ccccc4c4nnc(C)n34)CC2)cc1. The van der Waals surface area contributed by atoms with Gasteiger partial charge in [0.25, 0.3) is 5.91 Å². The highest BCUT2D eigenvalue weighted by Crippen LogP contribution is 2.25. The average molecular weight is 416 g/mol. The molecule has 1 saturated heterocycles. The van der Waals surface area contributed by atoms with Crippen LogP contribution < -0.4 is 9.64 Å². The highest BCUT2D eigenvalue weighted by Gasteiger charge is 2.24. The number of nitrogens with zero attached hydrogens (tertiary/aromatic N) is 6. The standard InChI is InChI=1S/C23H24N6O2/c1-16-25-26-21-19-6-3-4-7-20(19)24-23(29(16)21)28-13-5-12-27(14-15-28)22(30)17-8-10-18(31-2)11-9-17/h3-4,6-11H,5,12-15H2,1-2H3. The second-order valence-corrected chi connectivity index (χ2v) is 7.70. The minimum Gasteiger partial charge on any atom is -0.497 e. The zero-order valence-electron chi connectivity index (χ0n) is 17.7. The van der Waals surface area contributed by atoms with Gasteiger partial charge in [0.05, 0.1) is 12.6 Å². The number of aromatic nitrogens is 4. The minimum absolute atomic E-state index is 0.0431. The summed E-state index contributed by atoms with van der Waals surface area (Å²) in [6, 6.07) is 15.3. The van der Waals surface area contributed by atoms with Crippen LogP contribution in [0.15, 0.2) is 48.5 Å². The smallest absolute Gasteiger partial charge is 0.253 e. The maximum atomic E-state index is 13.0. The van der Waals surface area contributed by atoms with Crippen LogP contribution in [0.4, 0.5) is 5.95 Å².